The van der Waals surface area contributed by atoms with Gasteiger partial charge in [-0.1, -0.05) is 91.0 Å². The van der Waals surface area contributed by atoms with Crippen LogP contribution in [0.5, 0.6) is 0 Å². The molecule has 2 heteroatoms. The van der Waals surface area contributed by atoms with E-state index >= 15 is 0 Å². The predicted molar refractivity (Wildman–Crippen MR) is 153 cm³/mol. The van der Waals surface area contributed by atoms with Gasteiger partial charge in [-0.05, 0) is 41.1 Å². The molecule has 2 nitrogen and oxygen atoms in total. The van der Waals surface area contributed by atoms with E-state index < -0.39 is 0 Å². The number of benzene rings is 6. The molecule has 0 saturated carbocycles. The van der Waals surface area contributed by atoms with Crippen molar-refractivity contribution in [2.45, 2.75) is 0 Å². The smallest absolute Gasteiger partial charge is 0.0619 e. The summed E-state index contributed by atoms with van der Waals surface area (Å²) in [5, 5.41) is 10.4. The summed E-state index contributed by atoms with van der Waals surface area (Å²) in [7, 11) is 0. The molecule has 0 aliphatic rings. The fraction of sp³-hybridized carbons (Fsp3) is 0. The largest absolute Gasteiger partial charge is 0.309 e. The van der Waals surface area contributed by atoms with Gasteiger partial charge in [-0.3, -0.25) is 0 Å². The molecule has 0 aliphatic heterocycles. The van der Waals surface area contributed by atoms with E-state index in [0.29, 0.717) is 0 Å². The zero-order valence-corrected chi connectivity index (χ0v) is 19.4. The maximum atomic E-state index is 2.50. The van der Waals surface area contributed by atoms with Crippen molar-refractivity contribution in [3.8, 4) is 5.69 Å². The van der Waals surface area contributed by atoms with Crippen LogP contribution >= 0.6 is 0 Å². The standard InChI is InChI=1S/C34H20N2/c1-2-11-22-21(9-1)10-5-17-27(22)35-29-18-7-13-24-26-15-6-14-25-23-12-3-4-16-28(23)36(34(25)26)31-20-8-19-30(35)33(31)32(24)29/h1-20H. The van der Waals surface area contributed by atoms with Crippen LogP contribution < -0.4 is 0 Å². The monoisotopic (exact) mass is 456 g/mol. The molecule has 9 rings (SSSR count). The molecule has 0 atom stereocenters. The summed E-state index contributed by atoms with van der Waals surface area (Å²) in [6, 6.07) is 44.5. The highest BCUT2D eigenvalue weighted by atomic mass is 15.0. The summed E-state index contributed by atoms with van der Waals surface area (Å²) in [6.45, 7) is 0. The van der Waals surface area contributed by atoms with E-state index in [1.165, 1.54) is 76.4 Å². The molecule has 9 aromatic rings. The second-order valence-corrected chi connectivity index (χ2v) is 9.76. The highest BCUT2D eigenvalue weighted by Crippen LogP contribution is 2.44. The van der Waals surface area contributed by atoms with Crippen molar-refractivity contribution in [1.82, 2.24) is 8.97 Å². The zero-order valence-electron chi connectivity index (χ0n) is 19.4. The van der Waals surface area contributed by atoms with Crippen LogP contribution in [0.4, 0.5) is 0 Å². The first kappa shape index (κ1) is 18.5. The third kappa shape index (κ3) is 2.09. The Bertz CT molecular complexity index is 2310. The zero-order chi connectivity index (χ0) is 23.4. The first-order valence-electron chi connectivity index (χ1n) is 12.5. The Morgan fingerprint density at radius 2 is 0.917 bits per heavy atom. The van der Waals surface area contributed by atoms with Crippen LogP contribution in [0, 0.1) is 0 Å². The predicted octanol–water partition coefficient (Wildman–Crippen LogP) is 9.09. The molecule has 0 bridgehead atoms. The molecular weight excluding hydrogens is 436 g/mol. The molecule has 166 valence electrons. The lowest BCUT2D eigenvalue weighted by molar-refractivity contribution is 1.20. The van der Waals surface area contributed by atoms with Gasteiger partial charge < -0.3 is 8.97 Å². The Hall–Kier alpha value is -4.82. The molecule has 0 aliphatic carbocycles. The highest BCUT2D eigenvalue weighted by Gasteiger charge is 2.21. The normalized spacial score (nSPS) is 12.4. The topological polar surface area (TPSA) is 9.34 Å². The average molecular weight is 457 g/mol. The molecule has 3 heterocycles. The second-order valence-electron chi connectivity index (χ2n) is 9.76. The quantitative estimate of drug-likeness (QED) is 0.233. The number of nitrogens with zero attached hydrogens (tertiary/aromatic N) is 2. The lowest BCUT2D eigenvalue weighted by Crippen LogP contribution is -1.95. The minimum atomic E-state index is 1.22. The van der Waals surface area contributed by atoms with Crippen molar-refractivity contribution in [3.05, 3.63) is 121 Å². The van der Waals surface area contributed by atoms with Gasteiger partial charge in [-0.2, -0.15) is 0 Å². The second kappa shape index (κ2) is 6.44. The van der Waals surface area contributed by atoms with Crippen LogP contribution in [0.1, 0.15) is 0 Å². The number of fused-ring (bicyclic) bond motifs is 6. The van der Waals surface area contributed by atoms with Crippen molar-refractivity contribution in [1.29, 1.82) is 0 Å². The van der Waals surface area contributed by atoms with Gasteiger partial charge in [0.05, 0.1) is 33.3 Å². The average Bonchev–Trinajstić information content (AvgIpc) is 3.41. The number of aromatic nitrogens is 2. The molecule has 0 amide bonds. The number of rotatable bonds is 1. The lowest BCUT2D eigenvalue weighted by atomic mass is 10.0. The summed E-state index contributed by atoms with van der Waals surface area (Å²) >= 11 is 0. The molecule has 0 unspecified atom stereocenters. The molecule has 0 radical (unpaired) electrons. The van der Waals surface area contributed by atoms with E-state index in [-0.39, 0.29) is 0 Å². The third-order valence-electron chi connectivity index (χ3n) is 8.03. The van der Waals surface area contributed by atoms with Gasteiger partial charge >= 0.3 is 0 Å². The molecular formula is C34H20N2. The summed E-state index contributed by atoms with van der Waals surface area (Å²) in [5.41, 5.74) is 7.51. The van der Waals surface area contributed by atoms with Gasteiger partial charge in [0.2, 0.25) is 0 Å². The van der Waals surface area contributed by atoms with Crippen LogP contribution in [0.3, 0.4) is 0 Å². The number of hydrogen-bond acceptors (Lipinski definition) is 0. The Balaban J connectivity index is 1.65. The maximum Gasteiger partial charge on any atom is 0.0619 e. The fourth-order valence-corrected chi connectivity index (χ4v) is 6.65. The third-order valence-corrected chi connectivity index (χ3v) is 8.03. The highest BCUT2D eigenvalue weighted by molar-refractivity contribution is 6.31. The molecule has 0 fully saturated rings. The van der Waals surface area contributed by atoms with E-state index in [4.69, 9.17) is 0 Å². The number of hydrogen-bond donors (Lipinski definition) is 0. The van der Waals surface area contributed by atoms with Gasteiger partial charge in [0.25, 0.3) is 0 Å². The maximum absolute atomic E-state index is 2.50. The molecule has 36 heavy (non-hydrogen) atoms. The van der Waals surface area contributed by atoms with Gasteiger partial charge in [-0.15, -0.1) is 0 Å². The van der Waals surface area contributed by atoms with Crippen molar-refractivity contribution in [2.24, 2.45) is 0 Å². The molecule has 0 saturated heterocycles. The van der Waals surface area contributed by atoms with Gasteiger partial charge in [0, 0.05) is 32.3 Å². The Morgan fingerprint density at radius 3 is 1.83 bits per heavy atom. The van der Waals surface area contributed by atoms with Crippen molar-refractivity contribution in [3.63, 3.8) is 0 Å². The van der Waals surface area contributed by atoms with E-state index in [9.17, 15) is 0 Å². The summed E-state index contributed by atoms with van der Waals surface area (Å²) < 4.78 is 4.96. The SMILES string of the molecule is c1ccc2c(-n3c4cccc5c6cccc7c8ccccc8n(c8cccc3c8c54)c67)cccc2c1. The molecule has 6 aromatic carbocycles. The van der Waals surface area contributed by atoms with Crippen LogP contribution in [-0.4, -0.2) is 8.97 Å². The minimum absolute atomic E-state index is 1.22. The Morgan fingerprint density at radius 1 is 0.361 bits per heavy atom. The van der Waals surface area contributed by atoms with E-state index in [2.05, 4.69) is 130 Å². The van der Waals surface area contributed by atoms with Crippen LogP contribution in [0.2, 0.25) is 0 Å². The minimum Gasteiger partial charge on any atom is -0.309 e. The molecule has 0 N–H and O–H groups in total. The Kier molecular flexibility index (Phi) is 3.31. The van der Waals surface area contributed by atoms with Crippen LogP contribution in [-0.2, 0) is 0 Å². The van der Waals surface area contributed by atoms with Crippen molar-refractivity contribution < 1.29 is 0 Å². The summed E-state index contributed by atoms with van der Waals surface area (Å²) in [4.78, 5) is 0. The molecule has 0 spiro atoms. The fourth-order valence-electron chi connectivity index (χ4n) is 6.65. The van der Waals surface area contributed by atoms with Gasteiger partial charge in [0.15, 0.2) is 0 Å². The van der Waals surface area contributed by atoms with Crippen molar-refractivity contribution >= 4 is 70.7 Å². The van der Waals surface area contributed by atoms with Crippen LogP contribution in [0.15, 0.2) is 121 Å². The first-order chi connectivity index (χ1) is 17.9. The van der Waals surface area contributed by atoms with Crippen LogP contribution in [0.25, 0.3) is 76.4 Å². The van der Waals surface area contributed by atoms with Crippen molar-refractivity contribution in [2.75, 3.05) is 0 Å². The number of para-hydroxylation sites is 2. The van der Waals surface area contributed by atoms with Gasteiger partial charge in [0.1, 0.15) is 0 Å². The first-order valence-corrected chi connectivity index (χ1v) is 12.5. The summed E-state index contributed by atoms with van der Waals surface area (Å²) in [6.07, 6.45) is 0. The van der Waals surface area contributed by atoms with E-state index in [1.807, 2.05) is 0 Å². The summed E-state index contributed by atoms with van der Waals surface area (Å²) in [5.74, 6) is 0. The molecule has 3 aromatic heterocycles. The lowest BCUT2D eigenvalue weighted by Gasteiger charge is -2.12. The van der Waals surface area contributed by atoms with Gasteiger partial charge in [-0.25, -0.2) is 0 Å². The Labute approximate surface area is 206 Å². The van der Waals surface area contributed by atoms with E-state index in [0.717, 1.165) is 0 Å². The van der Waals surface area contributed by atoms with E-state index in [1.54, 1.807) is 0 Å².